The lowest BCUT2D eigenvalue weighted by molar-refractivity contribution is -0.302. The number of hydrogen-bond donors (Lipinski definition) is 6. The van der Waals surface area contributed by atoms with Crippen molar-refractivity contribution in [2.75, 3.05) is 13.2 Å². The lowest BCUT2D eigenvalue weighted by Gasteiger charge is -2.40. The number of allylic oxidation sites excluding steroid dienone is 1. The number of ether oxygens (including phenoxy) is 2. The van der Waals surface area contributed by atoms with Crippen molar-refractivity contribution in [3.8, 4) is 0 Å². The second-order valence-corrected chi connectivity index (χ2v) is 17.6. The van der Waals surface area contributed by atoms with E-state index in [1.165, 1.54) is 180 Å². The molecule has 344 valence electrons. The van der Waals surface area contributed by atoms with Gasteiger partial charge in [-0.15, -0.1) is 0 Å². The van der Waals surface area contributed by atoms with Gasteiger partial charge in [0, 0.05) is 6.42 Å². The highest BCUT2D eigenvalue weighted by atomic mass is 16.7. The number of amides is 1. The lowest BCUT2D eigenvalue weighted by atomic mass is 9.99. The first-order valence-electron chi connectivity index (χ1n) is 24.9. The predicted molar refractivity (Wildman–Crippen MR) is 240 cm³/mol. The van der Waals surface area contributed by atoms with Crippen LogP contribution < -0.4 is 5.32 Å². The lowest BCUT2D eigenvalue weighted by Crippen LogP contribution is -2.60. The third kappa shape index (κ3) is 30.0. The Balaban J connectivity index is 2.29. The number of aliphatic hydroxyl groups is 5. The van der Waals surface area contributed by atoms with Gasteiger partial charge in [-0.1, -0.05) is 225 Å². The molecular formula is C49H95NO8. The highest BCUT2D eigenvalue weighted by Crippen LogP contribution is 2.23. The fourth-order valence-corrected chi connectivity index (χ4v) is 8.10. The van der Waals surface area contributed by atoms with E-state index < -0.39 is 49.5 Å². The van der Waals surface area contributed by atoms with Gasteiger partial charge in [0.25, 0.3) is 0 Å². The van der Waals surface area contributed by atoms with E-state index in [4.69, 9.17) is 9.47 Å². The van der Waals surface area contributed by atoms with Gasteiger partial charge in [0.1, 0.15) is 24.4 Å². The van der Waals surface area contributed by atoms with Gasteiger partial charge >= 0.3 is 0 Å². The molecular weight excluding hydrogens is 731 g/mol. The number of rotatable bonds is 42. The molecule has 1 amide bonds. The largest absolute Gasteiger partial charge is 0.394 e. The second kappa shape index (κ2) is 40.0. The van der Waals surface area contributed by atoms with Gasteiger partial charge in [0.2, 0.25) is 5.91 Å². The summed E-state index contributed by atoms with van der Waals surface area (Å²) in [5, 5.41) is 54.3. The number of aliphatic hydroxyl groups excluding tert-OH is 5. The monoisotopic (exact) mass is 826 g/mol. The Hall–Kier alpha value is -1.07. The van der Waals surface area contributed by atoms with Crippen LogP contribution in [0.2, 0.25) is 0 Å². The Morgan fingerprint density at radius 1 is 0.569 bits per heavy atom. The fourth-order valence-electron chi connectivity index (χ4n) is 8.10. The molecule has 0 aliphatic carbocycles. The fraction of sp³-hybridized carbons (Fsp3) is 0.939. The van der Waals surface area contributed by atoms with Gasteiger partial charge in [-0.05, 0) is 19.3 Å². The maximum Gasteiger partial charge on any atom is 0.220 e. The zero-order valence-corrected chi connectivity index (χ0v) is 37.8. The average molecular weight is 826 g/mol. The highest BCUT2D eigenvalue weighted by Gasteiger charge is 2.44. The molecule has 0 aromatic carbocycles. The van der Waals surface area contributed by atoms with E-state index in [0.29, 0.717) is 6.42 Å². The summed E-state index contributed by atoms with van der Waals surface area (Å²) in [4.78, 5) is 13.0. The predicted octanol–water partition coefficient (Wildman–Crippen LogP) is 10.9. The minimum absolute atomic E-state index is 0.172. The molecule has 6 N–H and O–H groups in total. The number of hydrogen-bond acceptors (Lipinski definition) is 8. The molecule has 58 heavy (non-hydrogen) atoms. The Labute approximate surface area is 356 Å². The molecule has 0 bridgehead atoms. The Kier molecular flexibility index (Phi) is 37.9. The van der Waals surface area contributed by atoms with E-state index in [9.17, 15) is 30.3 Å². The number of unbranched alkanes of at least 4 members (excludes halogenated alkanes) is 32. The summed E-state index contributed by atoms with van der Waals surface area (Å²) < 4.78 is 11.2. The molecule has 1 saturated heterocycles. The summed E-state index contributed by atoms with van der Waals surface area (Å²) in [7, 11) is 0. The van der Waals surface area contributed by atoms with Gasteiger partial charge in [0.05, 0.1) is 25.4 Å². The van der Waals surface area contributed by atoms with Crippen molar-refractivity contribution >= 4 is 5.91 Å². The van der Waals surface area contributed by atoms with Crippen molar-refractivity contribution in [1.82, 2.24) is 5.32 Å². The standard InChI is InChI=1S/C49H95NO8/c1-3-5-7-9-11-13-15-17-19-20-21-22-23-25-27-29-31-33-35-37-39-45(53)50-42(41-57-49-48(56)47(55)46(54)44(40-51)58-49)43(52)38-36-34-32-30-28-26-24-18-16-14-12-10-8-6-4-2/h36,38,42-44,46-49,51-52,54-56H,3-35,37,39-41H2,1-2H3,(H,50,53)/b38-36+/t42-,43+,44+,46-,47?,48?,49+/m0/s1. The molecule has 1 heterocycles. The van der Waals surface area contributed by atoms with Crippen LogP contribution in [-0.2, 0) is 14.3 Å². The molecule has 2 unspecified atom stereocenters. The van der Waals surface area contributed by atoms with E-state index >= 15 is 0 Å². The molecule has 7 atom stereocenters. The molecule has 0 aromatic rings. The minimum Gasteiger partial charge on any atom is -0.394 e. The summed E-state index contributed by atoms with van der Waals surface area (Å²) >= 11 is 0. The molecule has 0 spiro atoms. The van der Waals surface area contributed by atoms with Gasteiger partial charge in [-0.2, -0.15) is 0 Å². The van der Waals surface area contributed by atoms with E-state index in [1.54, 1.807) is 6.08 Å². The first kappa shape index (κ1) is 54.9. The summed E-state index contributed by atoms with van der Waals surface area (Å²) in [6.07, 6.45) is 39.7. The third-order valence-electron chi connectivity index (χ3n) is 12.1. The van der Waals surface area contributed by atoms with Crippen molar-refractivity contribution in [3.05, 3.63) is 12.2 Å². The summed E-state index contributed by atoms with van der Waals surface area (Å²) in [5.41, 5.74) is 0. The van der Waals surface area contributed by atoms with Crippen LogP contribution in [0.5, 0.6) is 0 Å². The Bertz CT molecular complexity index is 919. The Morgan fingerprint density at radius 2 is 0.948 bits per heavy atom. The normalized spacial score (nSPS) is 20.8. The molecule has 9 nitrogen and oxygen atoms in total. The molecule has 1 aliphatic rings. The summed E-state index contributed by atoms with van der Waals surface area (Å²) in [6, 6.07) is -0.798. The minimum atomic E-state index is -1.56. The van der Waals surface area contributed by atoms with Crippen LogP contribution in [0, 0.1) is 0 Å². The van der Waals surface area contributed by atoms with Crippen LogP contribution in [0.3, 0.4) is 0 Å². The average Bonchev–Trinajstić information content (AvgIpc) is 3.22. The van der Waals surface area contributed by atoms with Gasteiger partial charge < -0.3 is 40.3 Å². The molecule has 0 saturated carbocycles. The first-order chi connectivity index (χ1) is 28.3. The summed E-state index contributed by atoms with van der Waals surface area (Å²) in [5.74, 6) is -0.172. The second-order valence-electron chi connectivity index (χ2n) is 17.6. The molecule has 1 fully saturated rings. The smallest absolute Gasteiger partial charge is 0.220 e. The molecule has 9 heteroatoms. The zero-order valence-electron chi connectivity index (χ0n) is 37.8. The zero-order chi connectivity index (χ0) is 42.3. The third-order valence-corrected chi connectivity index (χ3v) is 12.1. The molecule has 1 aliphatic heterocycles. The van der Waals surface area contributed by atoms with Crippen LogP contribution in [0.1, 0.15) is 239 Å². The van der Waals surface area contributed by atoms with Gasteiger partial charge in [-0.3, -0.25) is 4.79 Å². The van der Waals surface area contributed by atoms with Crippen LogP contribution in [0.15, 0.2) is 12.2 Å². The maximum atomic E-state index is 13.0. The van der Waals surface area contributed by atoms with Gasteiger partial charge in [0.15, 0.2) is 6.29 Å². The van der Waals surface area contributed by atoms with Crippen LogP contribution in [0.4, 0.5) is 0 Å². The maximum absolute atomic E-state index is 13.0. The van der Waals surface area contributed by atoms with Gasteiger partial charge in [-0.25, -0.2) is 0 Å². The van der Waals surface area contributed by atoms with Crippen molar-refractivity contribution in [2.24, 2.45) is 0 Å². The molecule has 0 aromatic heterocycles. The first-order valence-corrected chi connectivity index (χ1v) is 24.9. The van der Waals surface area contributed by atoms with E-state index in [0.717, 1.165) is 38.5 Å². The van der Waals surface area contributed by atoms with Crippen molar-refractivity contribution in [1.29, 1.82) is 0 Å². The SMILES string of the molecule is CCCCCCCCCCCCCCC/C=C/[C@@H](O)[C@H](CO[C@@H]1O[C@H](CO)[C@H](O)C(O)C1O)NC(=O)CCCCCCCCCCCCCCCCCCCCCC. The van der Waals surface area contributed by atoms with Crippen LogP contribution >= 0.6 is 0 Å². The van der Waals surface area contributed by atoms with Crippen molar-refractivity contribution < 1.29 is 39.8 Å². The van der Waals surface area contributed by atoms with Crippen LogP contribution in [-0.4, -0.2) is 87.5 Å². The van der Waals surface area contributed by atoms with Crippen molar-refractivity contribution in [3.63, 3.8) is 0 Å². The summed E-state index contributed by atoms with van der Waals surface area (Å²) in [6.45, 7) is 3.80. The number of carbonyl (C=O) groups excluding carboxylic acids is 1. The number of nitrogens with one attached hydrogen (secondary N) is 1. The topological polar surface area (TPSA) is 149 Å². The molecule has 1 rings (SSSR count). The van der Waals surface area contributed by atoms with Crippen molar-refractivity contribution in [2.45, 2.75) is 281 Å². The quantitative estimate of drug-likeness (QED) is 0.0263. The highest BCUT2D eigenvalue weighted by molar-refractivity contribution is 5.76. The number of carbonyl (C=O) groups is 1. The van der Waals surface area contributed by atoms with E-state index in [-0.39, 0.29) is 12.5 Å². The Morgan fingerprint density at radius 3 is 1.34 bits per heavy atom. The molecule has 0 radical (unpaired) electrons. The van der Waals surface area contributed by atoms with E-state index in [1.807, 2.05) is 6.08 Å². The van der Waals surface area contributed by atoms with Crippen LogP contribution in [0.25, 0.3) is 0 Å². The van der Waals surface area contributed by atoms with E-state index in [2.05, 4.69) is 19.2 Å².